The number of para-hydroxylation sites is 2. The molecule has 0 saturated heterocycles. The zero-order chi connectivity index (χ0) is 17.9. The Bertz CT molecular complexity index is 1070. The summed E-state index contributed by atoms with van der Waals surface area (Å²) in [5.41, 5.74) is 2.87. The minimum absolute atomic E-state index is 0.257. The molecule has 1 atom stereocenters. The van der Waals surface area contributed by atoms with Crippen LogP contribution in [0.3, 0.4) is 0 Å². The predicted octanol–water partition coefficient (Wildman–Crippen LogP) is 3.30. The molecule has 0 bridgehead atoms. The summed E-state index contributed by atoms with van der Waals surface area (Å²) in [7, 11) is 0. The van der Waals surface area contributed by atoms with Crippen LogP contribution in [-0.2, 0) is 6.54 Å². The number of aromatic amines is 1. The van der Waals surface area contributed by atoms with Gasteiger partial charge in [0.25, 0.3) is 0 Å². The number of nitriles is 1. The van der Waals surface area contributed by atoms with Crippen LogP contribution in [0.15, 0.2) is 66.9 Å². The van der Waals surface area contributed by atoms with Crippen LogP contribution in [0.1, 0.15) is 27.8 Å². The van der Waals surface area contributed by atoms with Crippen molar-refractivity contribution in [2.45, 2.75) is 12.5 Å². The molecule has 26 heavy (non-hydrogen) atoms. The van der Waals surface area contributed by atoms with Crippen LogP contribution in [0.2, 0.25) is 0 Å². The molecular formula is C20H15N5O. The fourth-order valence-electron chi connectivity index (χ4n) is 2.85. The minimum Gasteiger partial charge on any atom is -0.340 e. The van der Waals surface area contributed by atoms with Crippen molar-refractivity contribution in [3.63, 3.8) is 0 Å². The van der Waals surface area contributed by atoms with Gasteiger partial charge in [0.2, 0.25) is 5.78 Å². The fourth-order valence-corrected chi connectivity index (χ4v) is 2.85. The number of Topliss-reactive ketones (excluding diaryl/α,β-unsaturated/α-hetero) is 1. The molecule has 0 saturated carbocycles. The van der Waals surface area contributed by atoms with Crippen LogP contribution in [0.5, 0.6) is 0 Å². The number of benzene rings is 2. The summed E-state index contributed by atoms with van der Waals surface area (Å²) < 4.78 is 1.69. The first kappa shape index (κ1) is 15.8. The Morgan fingerprint density at radius 3 is 2.65 bits per heavy atom. The van der Waals surface area contributed by atoms with Crippen LogP contribution in [0, 0.1) is 11.3 Å². The first-order valence-corrected chi connectivity index (χ1v) is 8.20. The maximum atomic E-state index is 12.8. The predicted molar refractivity (Wildman–Crippen MR) is 96.5 cm³/mol. The molecule has 2 heterocycles. The molecule has 4 aromatic rings. The van der Waals surface area contributed by atoms with Crippen molar-refractivity contribution in [3.8, 4) is 6.07 Å². The Kier molecular flexibility index (Phi) is 4.04. The zero-order valence-corrected chi connectivity index (χ0v) is 13.8. The van der Waals surface area contributed by atoms with E-state index in [9.17, 15) is 10.1 Å². The highest BCUT2D eigenvalue weighted by Gasteiger charge is 2.26. The van der Waals surface area contributed by atoms with Crippen molar-refractivity contribution in [2.75, 3.05) is 0 Å². The van der Waals surface area contributed by atoms with E-state index in [1.165, 1.54) is 0 Å². The first-order chi connectivity index (χ1) is 12.7. The third-order valence-electron chi connectivity index (χ3n) is 4.15. The van der Waals surface area contributed by atoms with Crippen LogP contribution >= 0.6 is 0 Å². The molecule has 4 rings (SSSR count). The molecule has 126 valence electrons. The molecule has 0 fully saturated rings. The summed E-state index contributed by atoms with van der Waals surface area (Å²) in [5, 5.41) is 13.8. The summed E-state index contributed by atoms with van der Waals surface area (Å²) in [6.45, 7) is 0.565. The highest BCUT2D eigenvalue weighted by molar-refractivity contribution is 6.01. The number of nitrogens with zero attached hydrogens (tertiary/aromatic N) is 4. The van der Waals surface area contributed by atoms with Crippen molar-refractivity contribution in [1.29, 1.82) is 5.26 Å². The Labute approximate surface area is 149 Å². The second kappa shape index (κ2) is 6.65. The maximum Gasteiger partial charge on any atom is 0.207 e. The van der Waals surface area contributed by atoms with E-state index in [1.807, 2.05) is 60.7 Å². The average Bonchev–Trinajstić information content (AvgIpc) is 3.30. The molecular weight excluding hydrogens is 326 g/mol. The number of aromatic nitrogens is 4. The topological polar surface area (TPSA) is 87.4 Å². The highest BCUT2D eigenvalue weighted by atomic mass is 16.1. The number of fused-ring (bicyclic) bond motifs is 1. The van der Waals surface area contributed by atoms with Crippen molar-refractivity contribution < 1.29 is 4.79 Å². The number of H-pyrrole nitrogens is 1. The van der Waals surface area contributed by atoms with Crippen molar-refractivity contribution in [3.05, 3.63) is 83.9 Å². The molecule has 0 aliphatic heterocycles. The maximum absolute atomic E-state index is 12.8. The van der Waals surface area contributed by atoms with Gasteiger partial charge in [-0.15, -0.1) is 0 Å². The SMILES string of the molecule is N#C[C@@H](C(=O)c1ccn(Cc2ccccc2)n1)c1nc2ccccc2[nH]1. The van der Waals surface area contributed by atoms with E-state index >= 15 is 0 Å². The van der Waals surface area contributed by atoms with Crippen LogP contribution in [0.4, 0.5) is 0 Å². The smallest absolute Gasteiger partial charge is 0.207 e. The molecule has 6 nitrogen and oxygen atoms in total. The van der Waals surface area contributed by atoms with E-state index in [4.69, 9.17) is 0 Å². The minimum atomic E-state index is -1.01. The number of carbonyl (C=O) groups is 1. The van der Waals surface area contributed by atoms with E-state index in [0.29, 0.717) is 12.4 Å². The first-order valence-electron chi connectivity index (χ1n) is 8.20. The van der Waals surface area contributed by atoms with Gasteiger partial charge in [-0.05, 0) is 23.8 Å². The lowest BCUT2D eigenvalue weighted by molar-refractivity contribution is 0.0971. The van der Waals surface area contributed by atoms with Gasteiger partial charge in [-0.1, -0.05) is 42.5 Å². The van der Waals surface area contributed by atoms with Crippen LogP contribution in [0.25, 0.3) is 11.0 Å². The number of nitrogens with one attached hydrogen (secondary N) is 1. The summed E-state index contributed by atoms with van der Waals surface area (Å²) in [6.07, 6.45) is 1.74. The lowest BCUT2D eigenvalue weighted by Crippen LogP contribution is -2.14. The molecule has 0 aliphatic carbocycles. The van der Waals surface area contributed by atoms with E-state index < -0.39 is 5.92 Å². The number of imidazole rings is 1. The Morgan fingerprint density at radius 1 is 1.12 bits per heavy atom. The summed E-state index contributed by atoms with van der Waals surface area (Å²) in [5.74, 6) is -1.03. The second-order valence-electron chi connectivity index (χ2n) is 5.95. The van der Waals surface area contributed by atoms with Crippen molar-refractivity contribution in [2.24, 2.45) is 0 Å². The van der Waals surface area contributed by atoms with Crippen LogP contribution < -0.4 is 0 Å². The molecule has 0 radical (unpaired) electrons. The van der Waals surface area contributed by atoms with E-state index in [2.05, 4.69) is 15.1 Å². The Balaban J connectivity index is 1.58. The van der Waals surface area contributed by atoms with Gasteiger partial charge < -0.3 is 4.98 Å². The molecule has 0 spiro atoms. The lowest BCUT2D eigenvalue weighted by Gasteiger charge is -2.03. The van der Waals surface area contributed by atoms with Gasteiger partial charge in [0.05, 0.1) is 23.6 Å². The molecule has 2 aromatic carbocycles. The Hall–Kier alpha value is -3.72. The summed E-state index contributed by atoms with van der Waals surface area (Å²) >= 11 is 0. The van der Waals surface area contributed by atoms with Crippen LogP contribution in [-0.4, -0.2) is 25.5 Å². The fraction of sp³-hybridized carbons (Fsp3) is 0.100. The number of ketones is 1. The average molecular weight is 341 g/mol. The monoisotopic (exact) mass is 341 g/mol. The van der Waals surface area contributed by atoms with E-state index in [1.54, 1.807) is 16.9 Å². The summed E-state index contributed by atoms with van der Waals surface area (Å²) in [6, 6.07) is 21.0. The third-order valence-corrected chi connectivity index (χ3v) is 4.15. The van der Waals surface area contributed by atoms with Gasteiger partial charge in [0, 0.05) is 6.20 Å². The van der Waals surface area contributed by atoms with Crippen molar-refractivity contribution in [1.82, 2.24) is 19.7 Å². The number of hydrogen-bond acceptors (Lipinski definition) is 4. The number of rotatable bonds is 5. The molecule has 1 N–H and O–H groups in total. The third kappa shape index (κ3) is 2.98. The van der Waals surface area contributed by atoms with E-state index in [0.717, 1.165) is 16.6 Å². The van der Waals surface area contributed by atoms with Gasteiger partial charge in [-0.25, -0.2) is 4.98 Å². The van der Waals surface area contributed by atoms with Gasteiger partial charge in [-0.2, -0.15) is 10.4 Å². The molecule has 0 aliphatic rings. The highest BCUT2D eigenvalue weighted by Crippen LogP contribution is 2.20. The van der Waals surface area contributed by atoms with Gasteiger partial charge in [0.1, 0.15) is 11.5 Å². The second-order valence-corrected chi connectivity index (χ2v) is 5.95. The standard InChI is InChI=1S/C20H15N5O/c21-12-15(20-22-16-8-4-5-9-17(16)23-20)19(26)18-10-11-25(24-18)13-14-6-2-1-3-7-14/h1-11,15H,13H2,(H,22,23)/t15-/m0/s1. The van der Waals surface area contributed by atoms with Gasteiger partial charge >= 0.3 is 0 Å². The Morgan fingerprint density at radius 2 is 1.88 bits per heavy atom. The van der Waals surface area contributed by atoms with Crippen molar-refractivity contribution >= 4 is 16.8 Å². The largest absolute Gasteiger partial charge is 0.340 e. The van der Waals surface area contributed by atoms with Gasteiger partial charge in [0.15, 0.2) is 5.92 Å². The molecule has 6 heteroatoms. The zero-order valence-electron chi connectivity index (χ0n) is 13.8. The number of hydrogen-bond donors (Lipinski definition) is 1. The van der Waals surface area contributed by atoms with E-state index in [-0.39, 0.29) is 11.5 Å². The lowest BCUT2D eigenvalue weighted by atomic mass is 10.0. The molecule has 2 aromatic heterocycles. The molecule has 0 unspecified atom stereocenters. The summed E-state index contributed by atoms with van der Waals surface area (Å²) in [4.78, 5) is 20.2. The number of carbonyl (C=O) groups excluding carboxylic acids is 1. The quantitative estimate of drug-likeness (QED) is 0.564. The van der Waals surface area contributed by atoms with Gasteiger partial charge in [-0.3, -0.25) is 9.48 Å². The normalized spacial score (nSPS) is 12.0. The molecule has 0 amide bonds.